The molecule has 4 rings (SSSR count). The van der Waals surface area contributed by atoms with E-state index < -0.39 is 5.72 Å². The summed E-state index contributed by atoms with van der Waals surface area (Å²) in [6, 6.07) is 13.3. The van der Waals surface area contributed by atoms with Crippen molar-refractivity contribution in [1.82, 2.24) is 5.32 Å². The van der Waals surface area contributed by atoms with Gasteiger partial charge in [0.25, 0.3) is 0 Å². The van der Waals surface area contributed by atoms with Gasteiger partial charge in [-0.1, -0.05) is 36.7 Å². The molecule has 2 atom stereocenters. The monoisotopic (exact) mass is 342 g/mol. The highest BCUT2D eigenvalue weighted by atomic mass is 35.5. The van der Waals surface area contributed by atoms with Gasteiger partial charge >= 0.3 is 6.03 Å². The molecule has 2 heterocycles. The molecule has 124 valence electrons. The van der Waals surface area contributed by atoms with Crippen molar-refractivity contribution in [3.05, 3.63) is 58.6 Å². The predicted octanol–water partition coefficient (Wildman–Crippen LogP) is 4.67. The van der Waals surface area contributed by atoms with E-state index in [-0.39, 0.29) is 12.1 Å². The minimum atomic E-state index is -0.723. The lowest BCUT2D eigenvalue weighted by Gasteiger charge is -2.51. The van der Waals surface area contributed by atoms with E-state index in [0.29, 0.717) is 11.4 Å². The zero-order valence-corrected chi connectivity index (χ0v) is 14.4. The minimum Gasteiger partial charge on any atom is -0.467 e. The lowest BCUT2D eigenvalue weighted by Crippen LogP contribution is -2.65. The van der Waals surface area contributed by atoms with Gasteiger partial charge in [0.2, 0.25) is 0 Å². The molecule has 1 saturated heterocycles. The SMILES string of the molecule is CCc1ccccc1N1C(=O)NC2CC1(C)Oc1ccc(Cl)cc12. The molecule has 2 aliphatic heterocycles. The van der Waals surface area contributed by atoms with Crippen molar-refractivity contribution in [3.63, 3.8) is 0 Å². The van der Waals surface area contributed by atoms with Gasteiger partial charge in [-0.05, 0) is 43.2 Å². The third-order valence-corrected chi connectivity index (χ3v) is 5.08. The zero-order chi connectivity index (χ0) is 16.9. The number of para-hydroxylation sites is 1. The third-order valence-electron chi connectivity index (χ3n) is 4.85. The number of hydrogen-bond acceptors (Lipinski definition) is 2. The first-order chi connectivity index (χ1) is 11.5. The lowest BCUT2D eigenvalue weighted by atomic mass is 9.89. The molecule has 0 aliphatic carbocycles. The van der Waals surface area contributed by atoms with Gasteiger partial charge in [0.05, 0.1) is 11.7 Å². The van der Waals surface area contributed by atoms with E-state index in [0.717, 1.165) is 29.0 Å². The molecule has 24 heavy (non-hydrogen) atoms. The topological polar surface area (TPSA) is 41.6 Å². The lowest BCUT2D eigenvalue weighted by molar-refractivity contribution is 0.0377. The first kappa shape index (κ1) is 15.3. The molecule has 0 spiro atoms. The molecule has 2 aromatic carbocycles. The van der Waals surface area contributed by atoms with Crippen molar-refractivity contribution in [2.75, 3.05) is 4.90 Å². The first-order valence-corrected chi connectivity index (χ1v) is 8.57. The molecule has 2 aromatic rings. The Morgan fingerprint density at radius 3 is 2.92 bits per heavy atom. The predicted molar refractivity (Wildman–Crippen MR) is 94.7 cm³/mol. The number of ether oxygens (including phenoxy) is 1. The molecule has 2 bridgehead atoms. The number of hydrogen-bond donors (Lipinski definition) is 1. The highest BCUT2D eigenvalue weighted by Crippen LogP contribution is 2.46. The summed E-state index contributed by atoms with van der Waals surface area (Å²) in [7, 11) is 0. The Balaban J connectivity index is 1.82. The number of carbonyl (C=O) groups is 1. The molecular formula is C19H19ClN2O2. The Labute approximate surface area is 146 Å². The number of aryl methyl sites for hydroxylation is 1. The maximum absolute atomic E-state index is 12.9. The quantitative estimate of drug-likeness (QED) is 0.861. The number of nitrogens with zero attached hydrogens (tertiary/aromatic N) is 1. The Hall–Kier alpha value is -2.20. The van der Waals surface area contributed by atoms with E-state index in [9.17, 15) is 4.79 Å². The number of carbonyl (C=O) groups excluding carboxylic acids is 1. The van der Waals surface area contributed by atoms with Crippen molar-refractivity contribution >= 4 is 23.3 Å². The summed E-state index contributed by atoms with van der Waals surface area (Å²) in [6.45, 7) is 4.06. The second-order valence-electron chi connectivity index (χ2n) is 6.48. The summed E-state index contributed by atoms with van der Waals surface area (Å²) in [5, 5.41) is 3.75. The molecular weight excluding hydrogens is 324 g/mol. The van der Waals surface area contributed by atoms with Crippen molar-refractivity contribution in [2.24, 2.45) is 0 Å². The van der Waals surface area contributed by atoms with Gasteiger partial charge in [-0.15, -0.1) is 0 Å². The standard InChI is InChI=1S/C19H19ClN2O2/c1-3-12-6-4-5-7-16(12)22-18(23)21-15-11-19(22,2)24-17-9-8-13(20)10-14(15)17/h4-10,15H,3,11H2,1-2H3,(H,21,23). The highest BCUT2D eigenvalue weighted by Gasteiger charge is 2.50. The average Bonchev–Trinajstić information content (AvgIpc) is 2.55. The fourth-order valence-corrected chi connectivity index (χ4v) is 3.92. The Morgan fingerprint density at radius 1 is 1.33 bits per heavy atom. The molecule has 0 radical (unpaired) electrons. The normalized spacial score (nSPS) is 24.9. The largest absolute Gasteiger partial charge is 0.467 e. The van der Waals surface area contributed by atoms with Gasteiger partial charge < -0.3 is 10.1 Å². The molecule has 2 amide bonds. The van der Waals surface area contributed by atoms with E-state index in [1.165, 1.54) is 0 Å². The maximum atomic E-state index is 12.9. The van der Waals surface area contributed by atoms with Crippen molar-refractivity contribution in [3.8, 4) is 5.75 Å². The number of rotatable bonds is 2. The zero-order valence-electron chi connectivity index (χ0n) is 13.7. The van der Waals surface area contributed by atoms with Gasteiger partial charge in [0, 0.05) is 17.0 Å². The summed E-state index contributed by atoms with van der Waals surface area (Å²) in [4.78, 5) is 14.6. The molecule has 5 heteroatoms. The number of amides is 2. The fraction of sp³-hybridized carbons (Fsp3) is 0.316. The van der Waals surface area contributed by atoms with E-state index in [1.807, 2.05) is 43.3 Å². The molecule has 2 aliphatic rings. The number of benzene rings is 2. The van der Waals surface area contributed by atoms with Crippen LogP contribution < -0.4 is 15.0 Å². The van der Waals surface area contributed by atoms with Crippen LogP contribution in [-0.4, -0.2) is 11.8 Å². The minimum absolute atomic E-state index is 0.0880. The second-order valence-corrected chi connectivity index (χ2v) is 6.92. The van der Waals surface area contributed by atoms with Gasteiger partial charge in [0.15, 0.2) is 5.72 Å². The summed E-state index contributed by atoms with van der Waals surface area (Å²) in [5.74, 6) is 0.775. The van der Waals surface area contributed by atoms with Crippen molar-refractivity contribution in [1.29, 1.82) is 0 Å². The molecule has 1 N–H and O–H groups in total. The van der Waals surface area contributed by atoms with Gasteiger partial charge in [-0.2, -0.15) is 0 Å². The van der Waals surface area contributed by atoms with Crippen LogP contribution in [0.4, 0.5) is 10.5 Å². The van der Waals surface area contributed by atoms with E-state index in [2.05, 4.69) is 18.3 Å². The molecule has 1 fully saturated rings. The number of fused-ring (bicyclic) bond motifs is 4. The Morgan fingerprint density at radius 2 is 2.12 bits per heavy atom. The van der Waals surface area contributed by atoms with Crippen molar-refractivity contribution in [2.45, 2.75) is 38.5 Å². The molecule has 2 unspecified atom stereocenters. The molecule has 4 nitrogen and oxygen atoms in total. The Bertz CT molecular complexity index is 823. The van der Waals surface area contributed by atoms with Crippen LogP contribution in [0, 0.1) is 0 Å². The van der Waals surface area contributed by atoms with Crippen LogP contribution in [0.5, 0.6) is 5.75 Å². The fourth-order valence-electron chi connectivity index (χ4n) is 3.74. The second kappa shape index (κ2) is 5.42. The van der Waals surface area contributed by atoms with E-state index >= 15 is 0 Å². The van der Waals surface area contributed by atoms with Crippen LogP contribution in [-0.2, 0) is 6.42 Å². The first-order valence-electron chi connectivity index (χ1n) is 8.19. The number of halogens is 1. The summed E-state index contributed by atoms with van der Waals surface area (Å²) >= 11 is 6.11. The van der Waals surface area contributed by atoms with Crippen LogP contribution in [0.1, 0.15) is 37.4 Å². The van der Waals surface area contributed by atoms with Crippen LogP contribution in [0.2, 0.25) is 5.02 Å². The van der Waals surface area contributed by atoms with Gasteiger partial charge in [0.1, 0.15) is 5.75 Å². The number of anilines is 1. The van der Waals surface area contributed by atoms with Gasteiger partial charge in [-0.3, -0.25) is 4.90 Å². The number of urea groups is 1. The van der Waals surface area contributed by atoms with Crippen LogP contribution in [0.15, 0.2) is 42.5 Å². The van der Waals surface area contributed by atoms with E-state index in [1.54, 1.807) is 4.90 Å². The van der Waals surface area contributed by atoms with Crippen LogP contribution in [0.25, 0.3) is 0 Å². The molecule has 0 aromatic heterocycles. The van der Waals surface area contributed by atoms with E-state index in [4.69, 9.17) is 16.3 Å². The average molecular weight is 343 g/mol. The summed E-state index contributed by atoms with van der Waals surface area (Å²) in [6.07, 6.45) is 1.52. The Kier molecular flexibility index (Phi) is 3.46. The smallest absolute Gasteiger partial charge is 0.325 e. The summed E-state index contributed by atoms with van der Waals surface area (Å²) < 4.78 is 6.29. The number of nitrogens with one attached hydrogen (secondary N) is 1. The van der Waals surface area contributed by atoms with Crippen LogP contribution in [0.3, 0.4) is 0 Å². The van der Waals surface area contributed by atoms with Crippen molar-refractivity contribution < 1.29 is 9.53 Å². The summed E-state index contributed by atoms with van der Waals surface area (Å²) in [5.41, 5.74) is 2.24. The third kappa shape index (κ3) is 2.25. The highest BCUT2D eigenvalue weighted by molar-refractivity contribution is 6.30. The van der Waals surface area contributed by atoms with Gasteiger partial charge in [-0.25, -0.2) is 4.79 Å². The molecule has 0 saturated carbocycles. The van der Waals surface area contributed by atoms with Crippen LogP contribution >= 0.6 is 11.6 Å². The maximum Gasteiger partial charge on any atom is 0.325 e.